The highest BCUT2D eigenvalue weighted by atomic mass is 31.2. The van der Waals surface area contributed by atoms with Gasteiger partial charge in [-0.2, -0.15) is 0 Å². The van der Waals surface area contributed by atoms with E-state index in [1.165, 1.54) is 199 Å². The first-order valence-corrected chi connectivity index (χ1v) is 41.5. The predicted molar refractivity (Wildman–Crippen MR) is 377 cm³/mol. The van der Waals surface area contributed by atoms with Crippen molar-refractivity contribution in [2.45, 2.75) is 400 Å². The SMILES string of the molecule is CCCCCCCCCCCCCCCCCCCCCCC(=O)O[C@H](COC(=O)CCCCCCCCCCC(C)CC)COP(=O)(O)OC[C@@H](O)COP(=O)(O)OC[C@@H](COC(=O)CCCCCCCCCCCC)OC(=O)CCCCCCCCCCC(C)C. The van der Waals surface area contributed by atoms with Crippen LogP contribution in [0.5, 0.6) is 0 Å². The van der Waals surface area contributed by atoms with Crippen LogP contribution in [0.15, 0.2) is 0 Å². The summed E-state index contributed by atoms with van der Waals surface area (Å²) in [5.74, 6) is -0.626. The summed E-state index contributed by atoms with van der Waals surface area (Å²) in [6.45, 7) is 9.53. The lowest BCUT2D eigenvalue weighted by Gasteiger charge is -2.21. The maximum atomic E-state index is 13.1. The average Bonchev–Trinajstić information content (AvgIpc) is 2.40. The van der Waals surface area contributed by atoms with Crippen molar-refractivity contribution in [1.82, 2.24) is 0 Å². The van der Waals surface area contributed by atoms with Gasteiger partial charge in [0.15, 0.2) is 12.2 Å². The highest BCUT2D eigenvalue weighted by Gasteiger charge is 2.30. The zero-order chi connectivity index (χ0) is 68.6. The average molecular weight is 1370 g/mol. The number of aliphatic hydroxyl groups is 1. The fraction of sp³-hybridized carbons (Fsp3) is 0.946. The number of phosphoric ester groups is 2. The molecule has 0 rings (SSSR count). The Hall–Kier alpha value is -1.94. The van der Waals surface area contributed by atoms with Crippen LogP contribution in [0.1, 0.15) is 382 Å². The summed E-state index contributed by atoms with van der Waals surface area (Å²) >= 11 is 0. The molecule has 3 N–H and O–H groups in total. The topological polar surface area (TPSA) is 237 Å². The molecule has 0 aromatic heterocycles. The summed E-state index contributed by atoms with van der Waals surface area (Å²) in [6, 6.07) is 0. The van der Waals surface area contributed by atoms with E-state index in [4.69, 9.17) is 37.0 Å². The number of aliphatic hydroxyl groups excluding tert-OH is 1. The Labute approximate surface area is 568 Å². The Morgan fingerprint density at radius 1 is 0.312 bits per heavy atom. The van der Waals surface area contributed by atoms with Gasteiger partial charge in [0.2, 0.25) is 0 Å². The van der Waals surface area contributed by atoms with Crippen molar-refractivity contribution in [3.63, 3.8) is 0 Å². The lowest BCUT2D eigenvalue weighted by molar-refractivity contribution is -0.161. The number of ether oxygens (including phenoxy) is 4. The minimum Gasteiger partial charge on any atom is -0.462 e. The van der Waals surface area contributed by atoms with E-state index in [2.05, 4.69) is 41.5 Å². The van der Waals surface area contributed by atoms with Crippen molar-refractivity contribution >= 4 is 39.5 Å². The third-order valence-corrected chi connectivity index (χ3v) is 19.5. The number of esters is 4. The molecule has 0 amide bonds. The van der Waals surface area contributed by atoms with Crippen molar-refractivity contribution < 1.29 is 80.2 Å². The van der Waals surface area contributed by atoms with E-state index >= 15 is 0 Å². The minimum absolute atomic E-state index is 0.105. The lowest BCUT2D eigenvalue weighted by Crippen LogP contribution is -2.30. The van der Waals surface area contributed by atoms with Crippen molar-refractivity contribution in [2.24, 2.45) is 11.8 Å². The molecule has 0 aliphatic carbocycles. The van der Waals surface area contributed by atoms with Crippen LogP contribution < -0.4 is 0 Å². The molecule has 0 aromatic rings. The second-order valence-electron chi connectivity index (χ2n) is 27.4. The van der Waals surface area contributed by atoms with Crippen LogP contribution in [-0.2, 0) is 65.4 Å². The maximum absolute atomic E-state index is 13.1. The van der Waals surface area contributed by atoms with Gasteiger partial charge in [-0.05, 0) is 37.5 Å². The van der Waals surface area contributed by atoms with Crippen LogP contribution >= 0.6 is 15.6 Å². The molecule has 0 radical (unpaired) electrons. The third-order valence-electron chi connectivity index (χ3n) is 17.6. The van der Waals surface area contributed by atoms with Crippen LogP contribution in [0.25, 0.3) is 0 Å². The molecule has 19 heteroatoms. The van der Waals surface area contributed by atoms with Crippen molar-refractivity contribution in [3.05, 3.63) is 0 Å². The lowest BCUT2D eigenvalue weighted by atomic mass is 9.99. The fourth-order valence-corrected chi connectivity index (χ4v) is 12.8. The van der Waals surface area contributed by atoms with Crippen LogP contribution in [-0.4, -0.2) is 96.7 Å². The molecule has 0 fully saturated rings. The summed E-state index contributed by atoms with van der Waals surface area (Å²) < 4.78 is 68.4. The molecule has 93 heavy (non-hydrogen) atoms. The molecule has 17 nitrogen and oxygen atoms in total. The molecule has 552 valence electrons. The largest absolute Gasteiger partial charge is 0.472 e. The van der Waals surface area contributed by atoms with E-state index in [0.29, 0.717) is 25.7 Å². The fourth-order valence-electron chi connectivity index (χ4n) is 11.3. The number of carbonyl (C=O) groups excluding carboxylic acids is 4. The summed E-state index contributed by atoms with van der Waals surface area (Å²) in [5.41, 5.74) is 0. The second kappa shape index (κ2) is 66.0. The van der Waals surface area contributed by atoms with Gasteiger partial charge in [0.25, 0.3) is 0 Å². The maximum Gasteiger partial charge on any atom is 0.472 e. The highest BCUT2D eigenvalue weighted by molar-refractivity contribution is 7.47. The molecule has 0 heterocycles. The molecular weight excluding hydrogens is 1220 g/mol. The molecule has 0 aliphatic heterocycles. The Morgan fingerprint density at radius 2 is 0.548 bits per heavy atom. The summed E-state index contributed by atoms with van der Waals surface area (Å²) in [7, 11) is -9.91. The van der Waals surface area contributed by atoms with Crippen molar-refractivity contribution in [2.75, 3.05) is 39.6 Å². The molecule has 0 saturated carbocycles. The number of hydrogen-bond donors (Lipinski definition) is 3. The Morgan fingerprint density at radius 3 is 0.817 bits per heavy atom. The van der Waals surface area contributed by atoms with Crippen LogP contribution in [0.3, 0.4) is 0 Å². The predicted octanol–water partition coefficient (Wildman–Crippen LogP) is 21.6. The van der Waals surface area contributed by atoms with Crippen molar-refractivity contribution in [3.8, 4) is 0 Å². The summed E-state index contributed by atoms with van der Waals surface area (Å²) in [4.78, 5) is 72.7. The molecule has 0 bridgehead atoms. The molecule has 0 aromatic carbocycles. The Bertz CT molecular complexity index is 1810. The quantitative estimate of drug-likeness (QED) is 0.0222. The van der Waals surface area contributed by atoms with Crippen LogP contribution in [0.2, 0.25) is 0 Å². The summed E-state index contributed by atoms with van der Waals surface area (Å²) in [6.07, 6.45) is 52.8. The van der Waals surface area contributed by atoms with Gasteiger partial charge in [0, 0.05) is 25.7 Å². The molecule has 0 spiro atoms. The molecular formula is C74H144O17P2. The smallest absolute Gasteiger partial charge is 0.462 e. The van der Waals surface area contributed by atoms with E-state index in [0.717, 1.165) is 102 Å². The monoisotopic (exact) mass is 1370 g/mol. The molecule has 0 aliphatic rings. The van der Waals surface area contributed by atoms with Gasteiger partial charge >= 0.3 is 39.5 Å². The van der Waals surface area contributed by atoms with E-state index in [-0.39, 0.29) is 25.7 Å². The van der Waals surface area contributed by atoms with Gasteiger partial charge in [0.05, 0.1) is 26.4 Å². The molecule has 6 atom stereocenters. The van der Waals surface area contributed by atoms with Crippen LogP contribution in [0, 0.1) is 11.8 Å². The molecule has 3 unspecified atom stereocenters. The van der Waals surface area contributed by atoms with E-state index in [1.807, 2.05) is 0 Å². The van der Waals surface area contributed by atoms with Crippen molar-refractivity contribution in [1.29, 1.82) is 0 Å². The number of hydrogen-bond acceptors (Lipinski definition) is 15. The Balaban J connectivity index is 5.20. The number of phosphoric acid groups is 2. The number of carbonyl (C=O) groups is 4. The third kappa shape index (κ3) is 67.0. The highest BCUT2D eigenvalue weighted by Crippen LogP contribution is 2.45. The molecule has 0 saturated heterocycles. The normalized spacial score (nSPS) is 14.3. The number of rotatable bonds is 73. The second-order valence-corrected chi connectivity index (χ2v) is 30.3. The van der Waals surface area contributed by atoms with E-state index < -0.39 is 97.5 Å². The standard InChI is InChI=1S/C74H144O17P2/c1-7-10-12-14-16-18-20-21-22-23-24-25-26-27-28-29-31-40-46-52-58-73(78)90-69(63-85-72(77)57-51-45-39-35-33-37-43-49-55-67(6)9-3)64-88-92(80,81)86-60-68(75)61-87-93(82,83)89-65-70(62-84-71(76)56-50-44-38-30-19-17-15-13-11-8-2)91-74(79)59-53-47-41-34-32-36-42-48-54-66(4)5/h66-70,75H,7-65H2,1-6H3,(H,80,81)(H,82,83)/t67?,68-,69-,70-/m1/s1. The number of unbranched alkanes of at least 4 members (excludes halogenated alkanes) is 42. The minimum atomic E-state index is -4.95. The zero-order valence-electron chi connectivity index (χ0n) is 60.6. The van der Waals surface area contributed by atoms with Gasteiger partial charge in [-0.15, -0.1) is 0 Å². The van der Waals surface area contributed by atoms with Gasteiger partial charge < -0.3 is 33.8 Å². The van der Waals surface area contributed by atoms with Gasteiger partial charge in [-0.1, -0.05) is 330 Å². The van der Waals surface area contributed by atoms with E-state index in [1.54, 1.807) is 0 Å². The van der Waals surface area contributed by atoms with Crippen LogP contribution in [0.4, 0.5) is 0 Å². The Kier molecular flexibility index (Phi) is 64.6. The summed E-state index contributed by atoms with van der Waals surface area (Å²) in [5, 5.41) is 10.6. The van der Waals surface area contributed by atoms with Gasteiger partial charge in [-0.3, -0.25) is 37.3 Å². The first-order chi connectivity index (χ1) is 44.9. The van der Waals surface area contributed by atoms with Gasteiger partial charge in [-0.25, -0.2) is 9.13 Å². The zero-order valence-corrected chi connectivity index (χ0v) is 62.3. The first kappa shape index (κ1) is 91.1. The van der Waals surface area contributed by atoms with Gasteiger partial charge in [0.1, 0.15) is 19.3 Å². The first-order valence-electron chi connectivity index (χ1n) is 38.5. The van der Waals surface area contributed by atoms with E-state index in [9.17, 15) is 43.2 Å².